The molecule has 1 saturated carbocycles. The van der Waals surface area contributed by atoms with Gasteiger partial charge in [-0.15, -0.1) is 0 Å². The fraction of sp³-hybridized carbons (Fsp3) is 0.857. The molecule has 2 rings (SSSR count). The fourth-order valence-electron chi connectivity index (χ4n) is 4.59. The Bertz CT molecular complexity index is 598. The molecule has 1 aromatic rings. The minimum absolute atomic E-state index is 0.0477. The average molecular weight is 380 g/mol. The topological polar surface area (TPSA) is 79.5 Å². The van der Waals surface area contributed by atoms with Crippen LogP contribution in [0.25, 0.3) is 0 Å². The van der Waals surface area contributed by atoms with Crippen LogP contribution in [0.15, 0.2) is 4.52 Å². The standard InChI is InChI=1S/C21H37N3O3/c1-20(2,3)21(11-7-6-8-12-21)13-9-10-16(14-18(25)26)19-22-17(23-27-19)15-24(4)5/h16H,6-15H2,1-5H3,(H,25,26)/t16-/m1/s1. The van der Waals surface area contributed by atoms with Gasteiger partial charge in [0, 0.05) is 5.92 Å². The van der Waals surface area contributed by atoms with Crippen LogP contribution < -0.4 is 0 Å². The molecule has 0 aliphatic heterocycles. The Labute approximate surface area is 163 Å². The molecule has 0 bridgehead atoms. The molecule has 1 aliphatic rings. The van der Waals surface area contributed by atoms with Crippen molar-refractivity contribution < 1.29 is 14.4 Å². The smallest absolute Gasteiger partial charge is 0.304 e. The van der Waals surface area contributed by atoms with E-state index in [-0.39, 0.29) is 17.8 Å². The maximum Gasteiger partial charge on any atom is 0.304 e. The largest absolute Gasteiger partial charge is 0.481 e. The van der Waals surface area contributed by atoms with Gasteiger partial charge in [0.2, 0.25) is 5.89 Å². The lowest BCUT2D eigenvalue weighted by Gasteiger charge is -2.48. The molecule has 6 nitrogen and oxygen atoms in total. The van der Waals surface area contributed by atoms with Crippen molar-refractivity contribution in [2.75, 3.05) is 14.1 Å². The second kappa shape index (κ2) is 9.18. The first-order chi connectivity index (χ1) is 12.6. The van der Waals surface area contributed by atoms with E-state index in [9.17, 15) is 9.90 Å². The van der Waals surface area contributed by atoms with E-state index in [0.29, 0.717) is 23.7 Å². The maximum absolute atomic E-state index is 11.4. The highest BCUT2D eigenvalue weighted by atomic mass is 16.5. The van der Waals surface area contributed by atoms with Crippen molar-refractivity contribution in [2.24, 2.45) is 10.8 Å². The molecule has 1 fully saturated rings. The second-order valence-electron chi connectivity index (χ2n) is 9.56. The van der Waals surface area contributed by atoms with Gasteiger partial charge in [0.05, 0.1) is 13.0 Å². The van der Waals surface area contributed by atoms with Crippen molar-refractivity contribution in [1.82, 2.24) is 15.0 Å². The summed E-state index contributed by atoms with van der Waals surface area (Å²) < 4.78 is 5.41. The van der Waals surface area contributed by atoms with Gasteiger partial charge in [-0.2, -0.15) is 4.98 Å². The summed E-state index contributed by atoms with van der Waals surface area (Å²) >= 11 is 0. The third-order valence-electron chi connectivity index (χ3n) is 6.32. The molecule has 1 N–H and O–H groups in total. The molecule has 0 spiro atoms. The monoisotopic (exact) mass is 379 g/mol. The lowest BCUT2D eigenvalue weighted by Crippen LogP contribution is -2.37. The molecule has 1 aliphatic carbocycles. The molecule has 0 aromatic carbocycles. The van der Waals surface area contributed by atoms with Crippen LogP contribution in [0.2, 0.25) is 0 Å². The van der Waals surface area contributed by atoms with E-state index in [4.69, 9.17) is 4.52 Å². The number of aromatic nitrogens is 2. The van der Waals surface area contributed by atoms with E-state index in [1.807, 2.05) is 19.0 Å². The van der Waals surface area contributed by atoms with Crippen molar-refractivity contribution in [2.45, 2.75) is 91.0 Å². The number of aliphatic carboxylic acids is 1. The molecule has 27 heavy (non-hydrogen) atoms. The van der Waals surface area contributed by atoms with Gasteiger partial charge in [-0.05, 0) is 50.6 Å². The zero-order chi connectivity index (χ0) is 20.1. The van der Waals surface area contributed by atoms with Crippen LogP contribution in [0.5, 0.6) is 0 Å². The van der Waals surface area contributed by atoms with Crippen molar-refractivity contribution >= 4 is 5.97 Å². The van der Waals surface area contributed by atoms with Crippen molar-refractivity contribution in [3.05, 3.63) is 11.7 Å². The van der Waals surface area contributed by atoms with Crippen LogP contribution in [-0.2, 0) is 11.3 Å². The number of carbonyl (C=O) groups is 1. The lowest BCUT2D eigenvalue weighted by atomic mass is 9.57. The van der Waals surface area contributed by atoms with Crippen LogP contribution in [0.3, 0.4) is 0 Å². The van der Waals surface area contributed by atoms with E-state index in [0.717, 1.165) is 19.3 Å². The van der Waals surface area contributed by atoms with Gasteiger partial charge in [0.25, 0.3) is 0 Å². The quantitative estimate of drug-likeness (QED) is 0.660. The Morgan fingerprint density at radius 1 is 1.26 bits per heavy atom. The Morgan fingerprint density at radius 2 is 1.93 bits per heavy atom. The van der Waals surface area contributed by atoms with E-state index in [1.165, 1.54) is 32.1 Å². The minimum Gasteiger partial charge on any atom is -0.481 e. The van der Waals surface area contributed by atoms with Gasteiger partial charge < -0.3 is 14.5 Å². The van der Waals surface area contributed by atoms with Gasteiger partial charge in [0.1, 0.15) is 0 Å². The highest BCUT2D eigenvalue weighted by Crippen LogP contribution is 2.53. The normalized spacial score (nSPS) is 18.6. The third kappa shape index (κ3) is 6.03. The molecular weight excluding hydrogens is 342 g/mol. The summed E-state index contributed by atoms with van der Waals surface area (Å²) in [6.07, 6.45) is 9.52. The predicted molar refractivity (Wildman–Crippen MR) is 106 cm³/mol. The van der Waals surface area contributed by atoms with Crippen molar-refractivity contribution in [3.8, 4) is 0 Å². The van der Waals surface area contributed by atoms with Gasteiger partial charge in [0.15, 0.2) is 5.82 Å². The third-order valence-corrected chi connectivity index (χ3v) is 6.32. The number of carboxylic acid groups (broad SMARTS) is 1. The molecule has 1 aromatic heterocycles. The number of nitrogens with zero attached hydrogens (tertiary/aromatic N) is 3. The molecule has 154 valence electrons. The van der Waals surface area contributed by atoms with Gasteiger partial charge >= 0.3 is 5.97 Å². The summed E-state index contributed by atoms with van der Waals surface area (Å²) in [5.74, 6) is 0.0774. The summed E-state index contributed by atoms with van der Waals surface area (Å²) in [5, 5.41) is 13.3. The van der Waals surface area contributed by atoms with Gasteiger partial charge in [-0.25, -0.2) is 0 Å². The Morgan fingerprint density at radius 3 is 2.48 bits per heavy atom. The van der Waals surface area contributed by atoms with Crippen LogP contribution in [0, 0.1) is 10.8 Å². The Kier molecular flexibility index (Phi) is 7.43. The van der Waals surface area contributed by atoms with E-state index >= 15 is 0 Å². The molecule has 0 unspecified atom stereocenters. The Hall–Kier alpha value is -1.43. The summed E-state index contributed by atoms with van der Waals surface area (Å²) in [5.41, 5.74) is 0.642. The first-order valence-corrected chi connectivity index (χ1v) is 10.3. The van der Waals surface area contributed by atoms with Crippen molar-refractivity contribution in [1.29, 1.82) is 0 Å². The van der Waals surface area contributed by atoms with Crippen LogP contribution in [-0.4, -0.2) is 40.2 Å². The van der Waals surface area contributed by atoms with E-state index < -0.39 is 5.97 Å². The van der Waals surface area contributed by atoms with E-state index in [2.05, 4.69) is 30.9 Å². The molecule has 1 heterocycles. The molecule has 6 heteroatoms. The van der Waals surface area contributed by atoms with Crippen LogP contribution in [0.1, 0.15) is 96.2 Å². The summed E-state index contributed by atoms with van der Waals surface area (Å²) in [6, 6.07) is 0. The minimum atomic E-state index is -0.810. The summed E-state index contributed by atoms with van der Waals surface area (Å²) in [7, 11) is 3.89. The first-order valence-electron chi connectivity index (χ1n) is 10.3. The number of rotatable bonds is 9. The predicted octanol–water partition coefficient (Wildman–Crippen LogP) is 4.86. The number of carboxylic acids is 1. The second-order valence-corrected chi connectivity index (χ2v) is 9.56. The SMILES string of the molecule is CN(C)Cc1noc([C@H](CCCC2(C(C)(C)C)CCCCC2)CC(=O)O)n1. The first kappa shape index (κ1) is 21.9. The average Bonchev–Trinajstić information content (AvgIpc) is 3.01. The number of hydrogen-bond donors (Lipinski definition) is 1. The zero-order valence-corrected chi connectivity index (χ0v) is 17.8. The van der Waals surface area contributed by atoms with Gasteiger partial charge in [-0.1, -0.05) is 51.6 Å². The zero-order valence-electron chi connectivity index (χ0n) is 17.8. The highest BCUT2D eigenvalue weighted by molar-refractivity contribution is 5.67. The molecular formula is C21H37N3O3. The van der Waals surface area contributed by atoms with Crippen LogP contribution in [0.4, 0.5) is 0 Å². The number of hydrogen-bond acceptors (Lipinski definition) is 5. The van der Waals surface area contributed by atoms with Crippen LogP contribution >= 0.6 is 0 Å². The Balaban J connectivity index is 2.03. The van der Waals surface area contributed by atoms with Gasteiger partial charge in [-0.3, -0.25) is 4.79 Å². The molecule has 1 atom stereocenters. The summed E-state index contributed by atoms with van der Waals surface area (Å²) in [4.78, 5) is 17.8. The molecule has 0 amide bonds. The molecule has 0 saturated heterocycles. The van der Waals surface area contributed by atoms with Crippen molar-refractivity contribution in [3.63, 3.8) is 0 Å². The fourth-order valence-corrected chi connectivity index (χ4v) is 4.59. The molecule has 0 radical (unpaired) electrons. The lowest BCUT2D eigenvalue weighted by molar-refractivity contribution is -0.137. The summed E-state index contributed by atoms with van der Waals surface area (Å²) in [6.45, 7) is 7.67. The van der Waals surface area contributed by atoms with E-state index in [1.54, 1.807) is 0 Å². The highest BCUT2D eigenvalue weighted by Gasteiger charge is 2.41. The maximum atomic E-state index is 11.4.